The first-order valence-electron chi connectivity index (χ1n) is 8.86. The van der Waals surface area contributed by atoms with Crippen LogP contribution in [-0.4, -0.2) is 32.9 Å². The minimum atomic E-state index is -3.86. The van der Waals surface area contributed by atoms with Crippen LogP contribution in [0.4, 0.5) is 0 Å². The molecule has 0 saturated heterocycles. The average Bonchev–Trinajstić information content (AvgIpc) is 3.18. The predicted octanol–water partition coefficient (Wildman–Crippen LogP) is 2.14. The van der Waals surface area contributed by atoms with E-state index in [-0.39, 0.29) is 17.0 Å². The van der Waals surface area contributed by atoms with Crippen LogP contribution in [0.2, 0.25) is 0 Å². The summed E-state index contributed by atoms with van der Waals surface area (Å²) >= 11 is 0. The Morgan fingerprint density at radius 3 is 2.64 bits per heavy atom. The van der Waals surface area contributed by atoms with Gasteiger partial charge in [-0.15, -0.1) is 0 Å². The van der Waals surface area contributed by atoms with Crippen molar-refractivity contribution in [3.8, 4) is 0 Å². The smallest absolute Gasteiger partial charge is 0.339 e. The number of hydrogen-bond donors (Lipinski definition) is 2. The Morgan fingerprint density at radius 1 is 1.25 bits per heavy atom. The van der Waals surface area contributed by atoms with Crippen molar-refractivity contribution in [1.82, 2.24) is 10.0 Å². The highest BCUT2D eigenvalue weighted by Gasteiger charge is 2.22. The summed E-state index contributed by atoms with van der Waals surface area (Å²) in [5, 5.41) is 2.64. The number of esters is 1. The maximum Gasteiger partial charge on any atom is 0.339 e. The molecule has 0 saturated carbocycles. The van der Waals surface area contributed by atoms with Crippen LogP contribution in [0.1, 0.15) is 41.9 Å². The molecule has 2 aromatic rings. The van der Waals surface area contributed by atoms with Crippen molar-refractivity contribution in [2.75, 3.05) is 6.54 Å². The van der Waals surface area contributed by atoms with Gasteiger partial charge in [0.15, 0.2) is 6.10 Å². The molecule has 0 spiro atoms. The fourth-order valence-corrected chi connectivity index (χ4v) is 3.34. The van der Waals surface area contributed by atoms with Crippen molar-refractivity contribution in [3.05, 3.63) is 53.5 Å². The molecule has 1 amide bonds. The van der Waals surface area contributed by atoms with Gasteiger partial charge in [0.05, 0.1) is 23.3 Å². The highest BCUT2D eigenvalue weighted by Crippen LogP contribution is 2.18. The second-order valence-corrected chi connectivity index (χ2v) is 7.99. The van der Waals surface area contributed by atoms with Gasteiger partial charge in [0.1, 0.15) is 5.76 Å². The Bertz CT molecular complexity index is 922. The first kappa shape index (κ1) is 21.6. The summed E-state index contributed by atoms with van der Waals surface area (Å²) in [6.45, 7) is 5.49. The van der Waals surface area contributed by atoms with E-state index in [1.54, 1.807) is 19.1 Å². The number of hydrogen-bond acceptors (Lipinski definition) is 6. The van der Waals surface area contributed by atoms with E-state index in [2.05, 4.69) is 10.0 Å². The number of amides is 1. The second-order valence-electron chi connectivity index (χ2n) is 6.22. The lowest BCUT2D eigenvalue weighted by atomic mass is 10.1. The van der Waals surface area contributed by atoms with E-state index in [9.17, 15) is 18.0 Å². The lowest BCUT2D eigenvalue weighted by molar-refractivity contribution is -0.129. The van der Waals surface area contributed by atoms with Crippen LogP contribution in [0, 0.1) is 6.92 Å². The summed E-state index contributed by atoms with van der Waals surface area (Å²) < 4.78 is 37.7. The number of furan rings is 1. The Balaban J connectivity index is 2.13. The van der Waals surface area contributed by atoms with Crippen LogP contribution < -0.4 is 10.0 Å². The largest absolute Gasteiger partial charge is 0.468 e. The Labute approximate surface area is 164 Å². The molecule has 9 heteroatoms. The van der Waals surface area contributed by atoms with Gasteiger partial charge in [-0.25, -0.2) is 17.9 Å². The van der Waals surface area contributed by atoms with Gasteiger partial charge in [-0.1, -0.05) is 13.0 Å². The summed E-state index contributed by atoms with van der Waals surface area (Å²) in [7, 11) is -3.86. The van der Waals surface area contributed by atoms with Gasteiger partial charge < -0.3 is 14.5 Å². The van der Waals surface area contributed by atoms with Crippen molar-refractivity contribution < 1.29 is 27.2 Å². The van der Waals surface area contributed by atoms with E-state index in [0.717, 1.165) is 6.42 Å². The number of carbonyl (C=O) groups excluding carboxylic acids is 2. The second kappa shape index (κ2) is 9.52. The van der Waals surface area contributed by atoms with Crippen molar-refractivity contribution in [3.63, 3.8) is 0 Å². The molecule has 1 aromatic carbocycles. The van der Waals surface area contributed by atoms with Gasteiger partial charge in [-0.05, 0) is 50.1 Å². The van der Waals surface area contributed by atoms with Crippen LogP contribution in [0.3, 0.4) is 0 Å². The molecule has 1 aromatic heterocycles. The summed E-state index contributed by atoms with van der Waals surface area (Å²) in [6.07, 6.45) is 1.22. The van der Waals surface area contributed by atoms with Gasteiger partial charge in [-0.2, -0.15) is 0 Å². The third-order valence-electron chi connectivity index (χ3n) is 3.96. The molecule has 1 atom stereocenters. The topological polar surface area (TPSA) is 115 Å². The third-order valence-corrected chi connectivity index (χ3v) is 5.36. The van der Waals surface area contributed by atoms with Crippen molar-refractivity contribution in [2.24, 2.45) is 0 Å². The molecule has 0 fully saturated rings. The normalized spacial score (nSPS) is 12.4. The Kier molecular flexibility index (Phi) is 7.36. The van der Waals surface area contributed by atoms with Gasteiger partial charge in [0, 0.05) is 6.54 Å². The number of sulfonamides is 1. The van der Waals surface area contributed by atoms with E-state index in [1.165, 1.54) is 31.4 Å². The van der Waals surface area contributed by atoms with E-state index < -0.39 is 28.0 Å². The summed E-state index contributed by atoms with van der Waals surface area (Å²) in [6, 6.07) is 7.44. The van der Waals surface area contributed by atoms with Gasteiger partial charge in [0.2, 0.25) is 10.0 Å². The zero-order valence-corrected chi connectivity index (χ0v) is 16.8. The predicted molar refractivity (Wildman–Crippen MR) is 102 cm³/mol. The molecule has 2 N–H and O–H groups in total. The first-order chi connectivity index (χ1) is 13.2. The van der Waals surface area contributed by atoms with E-state index in [1.807, 2.05) is 6.92 Å². The van der Waals surface area contributed by atoms with Crippen LogP contribution >= 0.6 is 0 Å². The lowest BCUT2D eigenvalue weighted by Crippen LogP contribution is -2.36. The molecule has 0 aliphatic heterocycles. The first-order valence-corrected chi connectivity index (χ1v) is 10.3. The van der Waals surface area contributed by atoms with Gasteiger partial charge in [0.25, 0.3) is 5.91 Å². The fraction of sp³-hybridized carbons (Fsp3) is 0.368. The molecule has 8 nitrogen and oxygen atoms in total. The highest BCUT2D eigenvalue weighted by atomic mass is 32.2. The molecule has 28 heavy (non-hydrogen) atoms. The van der Waals surface area contributed by atoms with Crippen LogP contribution in [0.5, 0.6) is 0 Å². The van der Waals surface area contributed by atoms with E-state index >= 15 is 0 Å². The molecule has 152 valence electrons. The monoisotopic (exact) mass is 408 g/mol. The van der Waals surface area contributed by atoms with Crippen molar-refractivity contribution in [2.45, 2.75) is 44.7 Å². The maximum absolute atomic E-state index is 12.5. The van der Waals surface area contributed by atoms with Crippen LogP contribution in [0.25, 0.3) is 0 Å². The Morgan fingerprint density at radius 2 is 2.00 bits per heavy atom. The lowest BCUT2D eigenvalue weighted by Gasteiger charge is -2.15. The zero-order valence-electron chi connectivity index (χ0n) is 16.0. The fourth-order valence-electron chi connectivity index (χ4n) is 2.32. The molecule has 0 radical (unpaired) electrons. The molecule has 2 rings (SSSR count). The number of nitrogens with one attached hydrogen (secondary N) is 2. The number of aryl methyl sites for hydroxylation is 1. The SMILES string of the molecule is CCCNC(=O)C(C)OC(=O)c1cc(S(=O)(=O)NCc2ccco2)ccc1C. The summed E-state index contributed by atoms with van der Waals surface area (Å²) in [5.74, 6) is -0.710. The van der Waals surface area contributed by atoms with Crippen LogP contribution in [0.15, 0.2) is 45.9 Å². The van der Waals surface area contributed by atoms with Crippen molar-refractivity contribution in [1.29, 1.82) is 0 Å². The number of carbonyl (C=O) groups is 2. The quantitative estimate of drug-likeness (QED) is 0.615. The highest BCUT2D eigenvalue weighted by molar-refractivity contribution is 7.89. The third kappa shape index (κ3) is 5.67. The zero-order chi connectivity index (χ0) is 20.7. The molecular formula is C19H24N2O6S. The minimum Gasteiger partial charge on any atom is -0.468 e. The summed E-state index contributed by atoms with van der Waals surface area (Å²) in [4.78, 5) is 24.2. The number of benzene rings is 1. The number of ether oxygens (including phenoxy) is 1. The standard InChI is InChI=1S/C19H24N2O6S/c1-4-9-20-18(22)14(3)27-19(23)17-11-16(8-7-13(17)2)28(24,25)21-12-15-6-5-10-26-15/h5-8,10-11,14,21H,4,9,12H2,1-3H3,(H,20,22). The number of rotatable bonds is 9. The molecule has 1 unspecified atom stereocenters. The van der Waals surface area contributed by atoms with E-state index in [0.29, 0.717) is 17.9 Å². The maximum atomic E-state index is 12.5. The van der Waals surface area contributed by atoms with E-state index in [4.69, 9.17) is 9.15 Å². The van der Waals surface area contributed by atoms with Crippen LogP contribution in [-0.2, 0) is 26.1 Å². The average molecular weight is 408 g/mol. The molecule has 0 bridgehead atoms. The van der Waals surface area contributed by atoms with Gasteiger partial charge in [-0.3, -0.25) is 4.79 Å². The summed E-state index contributed by atoms with van der Waals surface area (Å²) in [5.41, 5.74) is 0.618. The molecule has 0 aliphatic carbocycles. The molecule has 0 aliphatic rings. The van der Waals surface area contributed by atoms with Gasteiger partial charge >= 0.3 is 5.97 Å². The minimum absolute atomic E-state index is 0.0162. The molecular weight excluding hydrogens is 384 g/mol. The Hall–Kier alpha value is -2.65. The molecule has 1 heterocycles. The van der Waals surface area contributed by atoms with Crippen molar-refractivity contribution >= 4 is 21.9 Å².